The van der Waals surface area contributed by atoms with Crippen LogP contribution >= 0.6 is 11.6 Å². The largest absolute Gasteiger partial charge is 0.233 e. The molecule has 0 saturated heterocycles. The number of nitriles is 1. The van der Waals surface area contributed by atoms with Gasteiger partial charge >= 0.3 is 0 Å². The Morgan fingerprint density at radius 3 is 2.71 bits per heavy atom. The van der Waals surface area contributed by atoms with Crippen molar-refractivity contribution < 1.29 is 4.39 Å². The number of benzene rings is 1. The number of fused-ring (bicyclic) bond motifs is 1. The quantitative estimate of drug-likeness (QED) is 0.699. The highest BCUT2D eigenvalue weighted by Gasteiger charge is 2.17. The van der Waals surface area contributed by atoms with E-state index in [-0.39, 0.29) is 5.02 Å². The molecule has 3 aromatic rings. The van der Waals surface area contributed by atoms with Gasteiger partial charge in [-0.2, -0.15) is 10.4 Å². The van der Waals surface area contributed by atoms with Gasteiger partial charge in [-0.3, -0.25) is 0 Å². The van der Waals surface area contributed by atoms with E-state index in [1.807, 2.05) is 13.0 Å². The topological polar surface area (TPSA) is 54.5 Å². The van der Waals surface area contributed by atoms with Crippen molar-refractivity contribution in [3.05, 3.63) is 52.1 Å². The minimum Gasteiger partial charge on any atom is -0.233 e. The molecule has 0 N–H and O–H groups in total. The van der Waals surface area contributed by atoms with Crippen molar-refractivity contribution in [1.29, 1.82) is 5.26 Å². The molecular weight excluding hydrogens is 327 g/mol. The van der Waals surface area contributed by atoms with E-state index in [4.69, 9.17) is 11.6 Å². The average molecular weight is 343 g/mol. The summed E-state index contributed by atoms with van der Waals surface area (Å²) in [6, 6.07) is 8.54. The molecule has 3 rings (SSSR count). The Kier molecular flexibility index (Phi) is 4.25. The van der Waals surface area contributed by atoms with E-state index in [0.717, 1.165) is 23.2 Å². The van der Waals surface area contributed by atoms with E-state index in [9.17, 15) is 9.65 Å². The summed E-state index contributed by atoms with van der Waals surface area (Å²) >= 11 is 5.77. The first kappa shape index (κ1) is 16.4. The summed E-state index contributed by atoms with van der Waals surface area (Å²) in [6.45, 7) is 6.01. The molecule has 0 atom stereocenters. The highest BCUT2D eigenvalue weighted by atomic mass is 35.5. The number of aromatic nitrogens is 3. The molecule has 0 fully saturated rings. The van der Waals surface area contributed by atoms with E-state index in [1.54, 1.807) is 10.7 Å². The Labute approximate surface area is 144 Å². The van der Waals surface area contributed by atoms with Gasteiger partial charge in [0.2, 0.25) is 0 Å². The minimum atomic E-state index is -0.499. The molecule has 0 aliphatic carbocycles. The number of rotatable bonds is 3. The van der Waals surface area contributed by atoms with Crippen LogP contribution in [-0.2, 0) is 6.42 Å². The second kappa shape index (κ2) is 6.21. The lowest BCUT2D eigenvalue weighted by atomic mass is 10.1. The van der Waals surface area contributed by atoms with Crippen LogP contribution in [0.5, 0.6) is 0 Å². The fraction of sp³-hybridized carbons (Fsp3) is 0.278. The zero-order chi connectivity index (χ0) is 17.4. The van der Waals surface area contributed by atoms with Gasteiger partial charge in [-0.05, 0) is 43.0 Å². The van der Waals surface area contributed by atoms with E-state index >= 15 is 0 Å². The van der Waals surface area contributed by atoms with E-state index in [0.29, 0.717) is 22.8 Å². The van der Waals surface area contributed by atoms with Gasteiger partial charge in [-0.25, -0.2) is 14.1 Å². The third-order valence-electron chi connectivity index (χ3n) is 3.77. The predicted octanol–water partition coefficient (Wildman–Crippen LogP) is 4.59. The second-order valence-corrected chi connectivity index (χ2v) is 6.60. The van der Waals surface area contributed by atoms with Gasteiger partial charge < -0.3 is 0 Å². The standard InChI is InChI=1S/C18H16ClFN4/c1-10(2)6-15-18-17(7-11(3)16(9-21)22-18)24(23-15)12-4-5-13(19)14(20)8-12/h4-5,7-8,10H,6H2,1-3H3. The smallest absolute Gasteiger partial charge is 0.144 e. The van der Waals surface area contributed by atoms with Crippen LogP contribution in [0.4, 0.5) is 4.39 Å². The fourth-order valence-corrected chi connectivity index (χ4v) is 2.76. The average Bonchev–Trinajstić information content (AvgIpc) is 2.86. The molecule has 0 amide bonds. The summed E-state index contributed by atoms with van der Waals surface area (Å²) in [7, 11) is 0. The maximum atomic E-state index is 13.8. The van der Waals surface area contributed by atoms with Crippen molar-refractivity contribution in [2.45, 2.75) is 27.2 Å². The van der Waals surface area contributed by atoms with Gasteiger partial charge in [-0.1, -0.05) is 25.4 Å². The molecule has 0 aliphatic rings. The van der Waals surface area contributed by atoms with Gasteiger partial charge in [-0.15, -0.1) is 0 Å². The summed E-state index contributed by atoms with van der Waals surface area (Å²) in [4.78, 5) is 4.47. The first-order chi connectivity index (χ1) is 11.4. The number of halogens is 2. The van der Waals surface area contributed by atoms with Gasteiger partial charge in [0.1, 0.15) is 23.1 Å². The molecule has 0 bridgehead atoms. The molecule has 122 valence electrons. The molecule has 4 nitrogen and oxygen atoms in total. The maximum absolute atomic E-state index is 13.8. The summed E-state index contributed by atoms with van der Waals surface area (Å²) < 4.78 is 15.5. The summed E-state index contributed by atoms with van der Waals surface area (Å²) in [5.41, 5.74) is 3.95. The maximum Gasteiger partial charge on any atom is 0.144 e. The first-order valence-corrected chi connectivity index (χ1v) is 8.03. The Balaban J connectivity index is 2.29. The Morgan fingerprint density at radius 2 is 2.08 bits per heavy atom. The van der Waals surface area contributed by atoms with Gasteiger partial charge in [0.15, 0.2) is 0 Å². The number of hydrogen-bond acceptors (Lipinski definition) is 3. The fourth-order valence-electron chi connectivity index (χ4n) is 2.65. The molecule has 0 radical (unpaired) electrons. The Morgan fingerprint density at radius 1 is 1.33 bits per heavy atom. The lowest BCUT2D eigenvalue weighted by Crippen LogP contribution is -2.00. The predicted molar refractivity (Wildman–Crippen MR) is 91.8 cm³/mol. The zero-order valence-electron chi connectivity index (χ0n) is 13.6. The van der Waals surface area contributed by atoms with Gasteiger partial charge in [0, 0.05) is 6.07 Å². The van der Waals surface area contributed by atoms with Crippen molar-refractivity contribution in [1.82, 2.24) is 14.8 Å². The molecule has 0 aliphatic heterocycles. The van der Waals surface area contributed by atoms with E-state index in [2.05, 4.69) is 30.0 Å². The molecular formula is C18H16ClFN4. The minimum absolute atomic E-state index is 0.0682. The normalized spacial score (nSPS) is 11.2. The van der Waals surface area contributed by atoms with Crippen LogP contribution in [0.1, 0.15) is 30.8 Å². The first-order valence-electron chi connectivity index (χ1n) is 7.65. The second-order valence-electron chi connectivity index (χ2n) is 6.19. The molecule has 1 aromatic carbocycles. The summed E-state index contributed by atoms with van der Waals surface area (Å²) in [5.74, 6) is -0.117. The highest BCUT2D eigenvalue weighted by Crippen LogP contribution is 2.26. The number of pyridine rings is 1. The van der Waals surface area contributed by atoms with E-state index < -0.39 is 5.82 Å². The molecule has 6 heteroatoms. The molecule has 2 heterocycles. The van der Waals surface area contributed by atoms with Crippen molar-refractivity contribution in [3.63, 3.8) is 0 Å². The third kappa shape index (κ3) is 2.85. The van der Waals surface area contributed by atoms with Crippen LogP contribution in [0.25, 0.3) is 16.7 Å². The SMILES string of the molecule is Cc1cc2c(nc1C#N)c(CC(C)C)nn2-c1ccc(Cl)c(F)c1. The molecule has 2 aromatic heterocycles. The molecule has 24 heavy (non-hydrogen) atoms. The number of nitrogens with zero attached hydrogens (tertiary/aromatic N) is 4. The third-order valence-corrected chi connectivity index (χ3v) is 4.08. The van der Waals surface area contributed by atoms with Crippen molar-refractivity contribution in [2.75, 3.05) is 0 Å². The van der Waals surface area contributed by atoms with Crippen LogP contribution < -0.4 is 0 Å². The summed E-state index contributed by atoms with van der Waals surface area (Å²) in [5, 5.41) is 13.9. The number of hydrogen-bond donors (Lipinski definition) is 0. The highest BCUT2D eigenvalue weighted by molar-refractivity contribution is 6.30. The van der Waals surface area contributed by atoms with Crippen molar-refractivity contribution in [3.8, 4) is 11.8 Å². The summed E-state index contributed by atoms with van der Waals surface area (Å²) in [6.07, 6.45) is 0.723. The Bertz CT molecular complexity index is 969. The molecule has 0 saturated carbocycles. The van der Waals surface area contributed by atoms with Crippen molar-refractivity contribution >= 4 is 22.6 Å². The van der Waals surface area contributed by atoms with Crippen LogP contribution in [0, 0.1) is 30.0 Å². The molecule has 0 unspecified atom stereocenters. The van der Waals surface area contributed by atoms with E-state index in [1.165, 1.54) is 12.1 Å². The Hall–Kier alpha value is -2.45. The van der Waals surface area contributed by atoms with Crippen LogP contribution in [-0.4, -0.2) is 14.8 Å². The van der Waals surface area contributed by atoms with Crippen LogP contribution in [0.2, 0.25) is 5.02 Å². The lowest BCUT2D eigenvalue weighted by Gasteiger charge is -2.05. The van der Waals surface area contributed by atoms with Crippen LogP contribution in [0.3, 0.4) is 0 Å². The number of aryl methyl sites for hydroxylation is 1. The molecule has 0 spiro atoms. The van der Waals surface area contributed by atoms with Gasteiger partial charge in [0.05, 0.1) is 21.9 Å². The monoisotopic (exact) mass is 342 g/mol. The van der Waals surface area contributed by atoms with Gasteiger partial charge in [0.25, 0.3) is 0 Å². The zero-order valence-corrected chi connectivity index (χ0v) is 14.4. The van der Waals surface area contributed by atoms with Crippen LogP contribution in [0.15, 0.2) is 24.3 Å². The van der Waals surface area contributed by atoms with Crippen molar-refractivity contribution in [2.24, 2.45) is 5.92 Å². The lowest BCUT2D eigenvalue weighted by molar-refractivity contribution is 0.622.